The highest BCUT2D eigenvalue weighted by Crippen LogP contribution is 2.57. The molecule has 3 aliphatic rings. The average Bonchev–Trinajstić information content (AvgIpc) is 2.71. The number of carbonyl (C=O) groups excluding carboxylic acids is 1. The van der Waals surface area contributed by atoms with E-state index in [4.69, 9.17) is 9.47 Å². The number of carbonyl (C=O) groups is 1. The van der Waals surface area contributed by atoms with E-state index in [0.717, 1.165) is 50.8 Å². The van der Waals surface area contributed by atoms with E-state index >= 15 is 0 Å². The van der Waals surface area contributed by atoms with E-state index in [9.17, 15) is 4.79 Å². The van der Waals surface area contributed by atoms with Gasteiger partial charge in [-0.3, -0.25) is 4.79 Å². The van der Waals surface area contributed by atoms with Gasteiger partial charge in [0.15, 0.2) is 0 Å². The Labute approximate surface area is 175 Å². The monoisotopic (exact) mass is 399 g/mol. The van der Waals surface area contributed by atoms with Crippen molar-refractivity contribution in [1.29, 1.82) is 0 Å². The molecule has 0 N–H and O–H groups in total. The summed E-state index contributed by atoms with van der Waals surface area (Å²) in [5, 5.41) is 0. The number of rotatable bonds is 3. The lowest BCUT2D eigenvalue weighted by Gasteiger charge is -2.61. The minimum absolute atomic E-state index is 0.0403. The summed E-state index contributed by atoms with van der Waals surface area (Å²) in [5.41, 5.74) is 4.14. The van der Waals surface area contributed by atoms with Gasteiger partial charge in [-0.1, -0.05) is 26.8 Å². The number of nitrogens with zero attached hydrogens (tertiary/aromatic N) is 1. The standard InChI is InChI=1S/C25H37NO3/c1-16-13-20-18(14-21(16)29-6)15-22-24(2,3)25(20,4)11-12-26(22)23(27)17-7-9-19(28-5)10-8-17/h13-14,17,19,22H,7-12,15H2,1-6H3/t17?,19?,22?,25-/m0/s1. The average molecular weight is 400 g/mol. The van der Waals surface area contributed by atoms with Crippen LogP contribution in [0, 0.1) is 18.3 Å². The lowest BCUT2D eigenvalue weighted by molar-refractivity contribution is -0.150. The summed E-state index contributed by atoms with van der Waals surface area (Å²) in [7, 11) is 3.53. The molecule has 2 aliphatic carbocycles. The van der Waals surface area contributed by atoms with Gasteiger partial charge in [-0.2, -0.15) is 0 Å². The highest BCUT2D eigenvalue weighted by atomic mass is 16.5. The normalized spacial score (nSPS) is 33.2. The zero-order chi connectivity index (χ0) is 21.0. The molecule has 0 radical (unpaired) electrons. The van der Waals surface area contributed by atoms with Crippen molar-refractivity contribution in [3.63, 3.8) is 0 Å². The van der Waals surface area contributed by atoms with Gasteiger partial charge in [0.1, 0.15) is 5.75 Å². The van der Waals surface area contributed by atoms with E-state index in [-0.39, 0.29) is 22.8 Å². The van der Waals surface area contributed by atoms with Crippen molar-refractivity contribution in [2.24, 2.45) is 11.3 Å². The summed E-state index contributed by atoms with van der Waals surface area (Å²) in [6.45, 7) is 10.2. The van der Waals surface area contributed by atoms with Crippen LogP contribution in [0.1, 0.15) is 69.6 Å². The van der Waals surface area contributed by atoms with Crippen LogP contribution < -0.4 is 4.74 Å². The Hall–Kier alpha value is -1.55. The van der Waals surface area contributed by atoms with Gasteiger partial charge >= 0.3 is 0 Å². The lowest BCUT2D eigenvalue weighted by atomic mass is 9.50. The zero-order valence-electron chi connectivity index (χ0n) is 19.0. The number of hydrogen-bond acceptors (Lipinski definition) is 3. The highest BCUT2D eigenvalue weighted by Gasteiger charge is 2.57. The summed E-state index contributed by atoms with van der Waals surface area (Å²) in [6, 6.07) is 4.81. The van der Waals surface area contributed by atoms with Crippen LogP contribution in [-0.2, 0) is 21.4 Å². The molecule has 4 nitrogen and oxygen atoms in total. The van der Waals surface area contributed by atoms with E-state index < -0.39 is 0 Å². The molecule has 29 heavy (non-hydrogen) atoms. The maximum atomic E-state index is 13.6. The molecule has 0 spiro atoms. The van der Waals surface area contributed by atoms with Gasteiger partial charge in [-0.15, -0.1) is 0 Å². The third-order valence-electron chi connectivity index (χ3n) is 8.75. The number of aryl methyl sites for hydroxylation is 1. The molecule has 4 heteroatoms. The van der Waals surface area contributed by atoms with Crippen molar-refractivity contribution in [3.05, 3.63) is 28.8 Å². The second kappa shape index (κ2) is 7.30. The molecule has 1 aromatic carbocycles. The molecular weight excluding hydrogens is 362 g/mol. The maximum Gasteiger partial charge on any atom is 0.225 e. The summed E-state index contributed by atoms with van der Waals surface area (Å²) in [6.07, 6.45) is 6.21. The molecule has 2 bridgehead atoms. The molecule has 160 valence electrons. The Morgan fingerprint density at radius 1 is 1.10 bits per heavy atom. The van der Waals surface area contributed by atoms with E-state index in [0.29, 0.717) is 12.0 Å². The first-order valence-corrected chi connectivity index (χ1v) is 11.2. The Kier molecular flexibility index (Phi) is 5.21. The van der Waals surface area contributed by atoms with E-state index in [1.807, 2.05) is 0 Å². The number of hydrogen-bond donors (Lipinski definition) is 0. The Morgan fingerprint density at radius 2 is 1.79 bits per heavy atom. The predicted molar refractivity (Wildman–Crippen MR) is 115 cm³/mol. The molecule has 1 unspecified atom stereocenters. The van der Waals surface area contributed by atoms with Crippen molar-refractivity contribution in [1.82, 2.24) is 4.90 Å². The van der Waals surface area contributed by atoms with Crippen molar-refractivity contribution in [2.75, 3.05) is 20.8 Å². The maximum absolute atomic E-state index is 13.6. The fourth-order valence-electron chi connectivity index (χ4n) is 6.31. The van der Waals surface area contributed by atoms with Crippen LogP contribution in [0.5, 0.6) is 5.75 Å². The molecule has 1 aliphatic heterocycles. The van der Waals surface area contributed by atoms with Gasteiger partial charge in [0.05, 0.1) is 13.2 Å². The number of methoxy groups -OCH3 is 2. The number of fused-ring (bicyclic) bond motifs is 4. The fourth-order valence-corrected chi connectivity index (χ4v) is 6.31. The van der Waals surface area contributed by atoms with Crippen LogP contribution in [0.4, 0.5) is 0 Å². The van der Waals surface area contributed by atoms with Crippen molar-refractivity contribution < 1.29 is 14.3 Å². The minimum Gasteiger partial charge on any atom is -0.496 e. The van der Waals surface area contributed by atoms with E-state index in [2.05, 4.69) is 44.7 Å². The summed E-state index contributed by atoms with van der Waals surface area (Å²) in [5.74, 6) is 1.50. The zero-order valence-corrected chi connectivity index (χ0v) is 19.0. The third kappa shape index (κ3) is 3.10. The summed E-state index contributed by atoms with van der Waals surface area (Å²) >= 11 is 0. The molecule has 0 aromatic heterocycles. The van der Waals surface area contributed by atoms with Gasteiger partial charge in [0.2, 0.25) is 5.91 Å². The fraction of sp³-hybridized carbons (Fsp3) is 0.720. The molecule has 1 saturated heterocycles. The van der Waals surface area contributed by atoms with Crippen molar-refractivity contribution >= 4 is 5.91 Å². The predicted octanol–water partition coefficient (Wildman–Crippen LogP) is 4.65. The molecule has 1 amide bonds. The van der Waals surface area contributed by atoms with Crippen molar-refractivity contribution in [3.8, 4) is 5.75 Å². The first-order chi connectivity index (χ1) is 13.7. The molecule has 1 saturated carbocycles. The number of ether oxygens (including phenoxy) is 2. The highest BCUT2D eigenvalue weighted by molar-refractivity contribution is 5.80. The molecule has 1 aromatic rings. The number of amides is 1. The molecule has 2 fully saturated rings. The molecule has 2 atom stereocenters. The first kappa shape index (κ1) is 20.7. The van der Waals surface area contributed by atoms with Gasteiger partial charge in [0.25, 0.3) is 0 Å². The van der Waals surface area contributed by atoms with Crippen LogP contribution in [0.3, 0.4) is 0 Å². The SMILES string of the molecule is COc1cc2c(cc1C)[C@]1(C)CCN(C(=O)C3CCC(OC)CC3)C(C2)C1(C)C. The topological polar surface area (TPSA) is 38.8 Å². The van der Waals surface area contributed by atoms with Crippen LogP contribution >= 0.6 is 0 Å². The number of likely N-dealkylation sites (tertiary alicyclic amines) is 1. The van der Waals surface area contributed by atoms with Crippen LogP contribution in [0.15, 0.2) is 12.1 Å². The Morgan fingerprint density at radius 3 is 2.41 bits per heavy atom. The van der Waals surface area contributed by atoms with Crippen LogP contribution in [0.2, 0.25) is 0 Å². The largest absolute Gasteiger partial charge is 0.496 e. The Bertz CT molecular complexity index is 794. The molecular formula is C25H37NO3. The van der Waals surface area contributed by atoms with Gasteiger partial charge < -0.3 is 14.4 Å². The number of benzene rings is 1. The second-order valence-electron chi connectivity index (χ2n) is 10.2. The Balaban J connectivity index is 1.65. The minimum atomic E-state index is 0.0403. The summed E-state index contributed by atoms with van der Waals surface area (Å²) < 4.78 is 11.1. The molecule has 1 heterocycles. The van der Waals surface area contributed by atoms with Gasteiger partial charge in [0, 0.05) is 31.0 Å². The number of piperidine rings is 1. The second-order valence-corrected chi connectivity index (χ2v) is 10.2. The third-order valence-corrected chi connectivity index (χ3v) is 8.75. The van der Waals surface area contributed by atoms with Crippen LogP contribution in [0.25, 0.3) is 0 Å². The quantitative estimate of drug-likeness (QED) is 0.743. The van der Waals surface area contributed by atoms with Crippen molar-refractivity contribution in [2.45, 2.75) is 83.8 Å². The van der Waals surface area contributed by atoms with E-state index in [1.54, 1.807) is 14.2 Å². The molecule has 4 rings (SSSR count). The first-order valence-electron chi connectivity index (χ1n) is 11.2. The van der Waals surface area contributed by atoms with Gasteiger partial charge in [-0.05, 0) is 73.6 Å². The van der Waals surface area contributed by atoms with E-state index in [1.165, 1.54) is 16.7 Å². The van der Waals surface area contributed by atoms with Crippen LogP contribution in [-0.4, -0.2) is 43.7 Å². The smallest absolute Gasteiger partial charge is 0.225 e. The summed E-state index contributed by atoms with van der Waals surface area (Å²) in [4.78, 5) is 15.8. The lowest BCUT2D eigenvalue weighted by Crippen LogP contribution is -2.65. The van der Waals surface area contributed by atoms with Gasteiger partial charge in [-0.25, -0.2) is 0 Å².